The Morgan fingerprint density at radius 1 is 1.20 bits per heavy atom. The third-order valence-electron chi connectivity index (χ3n) is 2.49. The molecule has 0 saturated carbocycles. The fourth-order valence-corrected chi connectivity index (χ4v) is 1.71. The Kier molecular flexibility index (Phi) is 1.33. The number of hydrogen-bond acceptors (Lipinski definition) is 4. The van der Waals surface area contributed by atoms with Crippen LogP contribution in [0.5, 0.6) is 0 Å². The number of hydrogen-bond donors (Lipinski definition) is 0. The standard InChI is InChI=1S/C10H6N2O3/c1-12-4-11-7-2-5-6(3-8(7)12)10(14)15-9(5)13/h2-4H,1H3. The molecule has 74 valence electrons. The van der Waals surface area contributed by atoms with E-state index < -0.39 is 11.9 Å². The van der Waals surface area contributed by atoms with Gasteiger partial charge in [0.2, 0.25) is 0 Å². The Labute approximate surface area is 84.3 Å². The number of imidazole rings is 1. The van der Waals surface area contributed by atoms with E-state index in [0.717, 1.165) is 5.52 Å². The van der Waals surface area contributed by atoms with E-state index in [2.05, 4.69) is 9.72 Å². The molecule has 15 heavy (non-hydrogen) atoms. The Morgan fingerprint density at radius 2 is 1.87 bits per heavy atom. The van der Waals surface area contributed by atoms with Crippen LogP contribution in [0.2, 0.25) is 0 Å². The summed E-state index contributed by atoms with van der Waals surface area (Å²) in [5.41, 5.74) is 2.10. The summed E-state index contributed by atoms with van der Waals surface area (Å²) in [7, 11) is 1.82. The van der Waals surface area contributed by atoms with Gasteiger partial charge >= 0.3 is 11.9 Å². The fourth-order valence-electron chi connectivity index (χ4n) is 1.71. The van der Waals surface area contributed by atoms with Crippen LogP contribution in [0, 0.1) is 0 Å². The highest BCUT2D eigenvalue weighted by Gasteiger charge is 2.30. The van der Waals surface area contributed by atoms with Crippen molar-refractivity contribution in [1.82, 2.24) is 9.55 Å². The van der Waals surface area contributed by atoms with Crippen LogP contribution in [0.25, 0.3) is 11.0 Å². The van der Waals surface area contributed by atoms with E-state index in [4.69, 9.17) is 0 Å². The zero-order chi connectivity index (χ0) is 10.6. The Hall–Kier alpha value is -2.17. The van der Waals surface area contributed by atoms with Gasteiger partial charge in [-0.25, -0.2) is 14.6 Å². The highest BCUT2D eigenvalue weighted by molar-refractivity contribution is 6.16. The summed E-state index contributed by atoms with van der Waals surface area (Å²) in [6.45, 7) is 0. The Balaban J connectivity index is 2.43. The summed E-state index contributed by atoms with van der Waals surface area (Å²) >= 11 is 0. The number of aryl methyl sites for hydroxylation is 1. The van der Waals surface area contributed by atoms with Crippen LogP contribution >= 0.6 is 0 Å². The average Bonchev–Trinajstić information content (AvgIpc) is 2.70. The Bertz CT molecular complexity index is 612. The number of fused-ring (bicyclic) bond motifs is 2. The van der Waals surface area contributed by atoms with Gasteiger partial charge < -0.3 is 9.30 Å². The van der Waals surface area contributed by atoms with Crippen molar-refractivity contribution >= 4 is 23.0 Å². The fraction of sp³-hybridized carbons (Fsp3) is 0.100. The maximum Gasteiger partial charge on any atom is 0.346 e. The van der Waals surface area contributed by atoms with Gasteiger partial charge in [-0.1, -0.05) is 0 Å². The topological polar surface area (TPSA) is 61.2 Å². The van der Waals surface area contributed by atoms with Crippen LogP contribution in [0.15, 0.2) is 18.5 Å². The predicted molar refractivity (Wildman–Crippen MR) is 50.5 cm³/mol. The first-order valence-electron chi connectivity index (χ1n) is 4.38. The molecule has 3 rings (SSSR count). The molecule has 1 aromatic heterocycles. The molecule has 0 spiro atoms. The van der Waals surface area contributed by atoms with Gasteiger partial charge in [-0.2, -0.15) is 0 Å². The van der Waals surface area contributed by atoms with Crippen LogP contribution in [0.1, 0.15) is 20.7 Å². The van der Waals surface area contributed by atoms with Gasteiger partial charge in [0.05, 0.1) is 28.5 Å². The minimum Gasteiger partial charge on any atom is -0.386 e. The molecule has 2 aromatic rings. The molecular weight excluding hydrogens is 196 g/mol. The Morgan fingerprint density at radius 3 is 2.60 bits per heavy atom. The lowest BCUT2D eigenvalue weighted by atomic mass is 10.1. The van der Waals surface area contributed by atoms with E-state index in [1.807, 2.05) is 7.05 Å². The molecule has 0 bridgehead atoms. The largest absolute Gasteiger partial charge is 0.386 e. The highest BCUT2D eigenvalue weighted by atomic mass is 16.6. The maximum absolute atomic E-state index is 11.3. The van der Waals surface area contributed by atoms with Crippen LogP contribution in [-0.4, -0.2) is 21.5 Å². The van der Waals surface area contributed by atoms with Gasteiger partial charge in [-0.05, 0) is 12.1 Å². The van der Waals surface area contributed by atoms with Crippen LogP contribution < -0.4 is 0 Å². The van der Waals surface area contributed by atoms with Crippen molar-refractivity contribution in [2.75, 3.05) is 0 Å². The molecule has 0 saturated heterocycles. The molecule has 5 nitrogen and oxygen atoms in total. The minimum absolute atomic E-state index is 0.297. The van der Waals surface area contributed by atoms with E-state index in [1.54, 1.807) is 23.0 Å². The van der Waals surface area contributed by atoms with Crippen LogP contribution in [-0.2, 0) is 11.8 Å². The first kappa shape index (κ1) is 8.16. The third kappa shape index (κ3) is 0.942. The summed E-state index contributed by atoms with van der Waals surface area (Å²) in [4.78, 5) is 26.6. The molecule has 1 aliphatic heterocycles. The van der Waals surface area contributed by atoms with Crippen LogP contribution in [0.3, 0.4) is 0 Å². The third-order valence-corrected chi connectivity index (χ3v) is 2.49. The highest BCUT2D eigenvalue weighted by Crippen LogP contribution is 2.24. The number of rotatable bonds is 0. The summed E-state index contributed by atoms with van der Waals surface area (Å²) in [6.07, 6.45) is 1.63. The van der Waals surface area contributed by atoms with Gasteiger partial charge in [0, 0.05) is 7.05 Å². The number of nitrogens with zero attached hydrogens (tertiary/aromatic N) is 2. The summed E-state index contributed by atoms with van der Waals surface area (Å²) in [5.74, 6) is -1.18. The molecule has 0 atom stereocenters. The molecule has 0 radical (unpaired) electrons. The number of cyclic esters (lactones) is 2. The van der Waals surface area contributed by atoms with Gasteiger partial charge in [0.15, 0.2) is 0 Å². The van der Waals surface area contributed by atoms with Crippen molar-refractivity contribution < 1.29 is 14.3 Å². The molecular formula is C10H6N2O3. The first-order valence-corrected chi connectivity index (χ1v) is 4.38. The maximum atomic E-state index is 11.3. The zero-order valence-electron chi connectivity index (χ0n) is 7.85. The first-order chi connectivity index (χ1) is 7.16. The molecule has 1 aliphatic rings. The summed E-state index contributed by atoms with van der Waals surface area (Å²) in [6, 6.07) is 3.21. The van der Waals surface area contributed by atoms with Gasteiger partial charge in [0.25, 0.3) is 0 Å². The van der Waals surface area contributed by atoms with Crippen molar-refractivity contribution in [3.05, 3.63) is 29.6 Å². The smallest absolute Gasteiger partial charge is 0.346 e. The molecule has 0 amide bonds. The molecule has 0 unspecified atom stereocenters. The summed E-state index contributed by atoms with van der Waals surface area (Å²) < 4.78 is 6.28. The van der Waals surface area contributed by atoms with Crippen molar-refractivity contribution in [1.29, 1.82) is 0 Å². The molecule has 0 N–H and O–H groups in total. The lowest BCUT2D eigenvalue weighted by Gasteiger charge is -1.95. The van der Waals surface area contributed by atoms with E-state index in [0.29, 0.717) is 16.6 Å². The van der Waals surface area contributed by atoms with Gasteiger partial charge in [-0.3, -0.25) is 0 Å². The number of aromatic nitrogens is 2. The second-order valence-corrected chi connectivity index (χ2v) is 3.42. The number of esters is 2. The molecule has 0 aliphatic carbocycles. The molecule has 0 fully saturated rings. The number of benzene rings is 1. The number of carbonyl (C=O) groups is 2. The zero-order valence-corrected chi connectivity index (χ0v) is 7.85. The van der Waals surface area contributed by atoms with E-state index in [-0.39, 0.29) is 0 Å². The molecule has 2 heterocycles. The number of ether oxygens (including phenoxy) is 1. The lowest BCUT2D eigenvalue weighted by molar-refractivity contribution is 0.0444. The van der Waals surface area contributed by atoms with Crippen LogP contribution in [0.4, 0.5) is 0 Å². The molecule has 5 heteroatoms. The van der Waals surface area contributed by atoms with E-state index in [9.17, 15) is 9.59 Å². The monoisotopic (exact) mass is 202 g/mol. The van der Waals surface area contributed by atoms with E-state index >= 15 is 0 Å². The van der Waals surface area contributed by atoms with E-state index in [1.165, 1.54) is 0 Å². The van der Waals surface area contributed by atoms with Crippen molar-refractivity contribution in [3.63, 3.8) is 0 Å². The SMILES string of the molecule is Cn1cnc2cc3c(cc21)C(=O)OC3=O. The second-order valence-electron chi connectivity index (χ2n) is 3.42. The quantitative estimate of drug-likeness (QED) is 0.470. The van der Waals surface area contributed by atoms with Crippen molar-refractivity contribution in [2.45, 2.75) is 0 Å². The second kappa shape index (κ2) is 2.44. The normalized spacial score (nSPS) is 14.5. The average molecular weight is 202 g/mol. The van der Waals surface area contributed by atoms with Crippen molar-refractivity contribution in [3.8, 4) is 0 Å². The van der Waals surface area contributed by atoms with Gasteiger partial charge in [-0.15, -0.1) is 0 Å². The molecule has 1 aromatic carbocycles. The summed E-state index contributed by atoms with van der Waals surface area (Å²) in [5, 5.41) is 0. The lowest BCUT2D eigenvalue weighted by Crippen LogP contribution is -1.96. The van der Waals surface area contributed by atoms with Crippen molar-refractivity contribution in [2.24, 2.45) is 7.05 Å². The minimum atomic E-state index is -0.595. The van der Waals surface area contributed by atoms with Gasteiger partial charge in [0.1, 0.15) is 0 Å². The predicted octanol–water partition coefficient (Wildman–Crippen LogP) is 0.884. The number of carbonyl (C=O) groups excluding carboxylic acids is 2.